The highest BCUT2D eigenvalue weighted by Crippen LogP contribution is 2.25. The number of carbonyl (C=O) groups is 1. The van der Waals surface area contributed by atoms with Crippen LogP contribution in [0, 0.1) is 0 Å². The fourth-order valence-corrected chi connectivity index (χ4v) is 4.35. The van der Waals surface area contributed by atoms with E-state index in [0.29, 0.717) is 0 Å². The molecule has 0 atom stereocenters. The number of nitrogens with zero attached hydrogens (tertiary/aromatic N) is 5. The van der Waals surface area contributed by atoms with Crippen LogP contribution in [0.4, 0.5) is 5.69 Å². The molecule has 4 aromatic rings. The van der Waals surface area contributed by atoms with Gasteiger partial charge in [-0.1, -0.05) is 37.6 Å². The van der Waals surface area contributed by atoms with Crippen LogP contribution in [0.5, 0.6) is 0 Å². The molecule has 0 unspecified atom stereocenters. The molecule has 0 bridgehead atoms. The summed E-state index contributed by atoms with van der Waals surface area (Å²) in [6.45, 7) is 3.23. The van der Waals surface area contributed by atoms with Crippen molar-refractivity contribution in [2.75, 3.05) is 5.32 Å². The van der Waals surface area contributed by atoms with Crippen molar-refractivity contribution in [1.82, 2.24) is 24.3 Å². The number of carbonyl (C=O) groups excluding carboxylic acids is 1. The van der Waals surface area contributed by atoms with Crippen LogP contribution in [0.1, 0.15) is 37.8 Å². The Morgan fingerprint density at radius 2 is 1.97 bits per heavy atom. The molecular weight excluding hydrogens is 388 g/mol. The molecule has 158 valence electrons. The van der Waals surface area contributed by atoms with Crippen LogP contribution in [-0.2, 0) is 30.7 Å². The quantitative estimate of drug-likeness (QED) is 0.530. The Bertz CT molecular complexity index is 1240. The molecule has 0 saturated heterocycles. The van der Waals surface area contributed by atoms with Crippen LogP contribution < -0.4 is 5.32 Å². The Kier molecular flexibility index (Phi) is 5.24. The monoisotopic (exact) mass is 414 g/mol. The Hall–Kier alpha value is -3.48. The van der Waals surface area contributed by atoms with Gasteiger partial charge in [0.1, 0.15) is 18.2 Å². The van der Waals surface area contributed by atoms with Gasteiger partial charge < -0.3 is 14.5 Å². The molecule has 1 amide bonds. The summed E-state index contributed by atoms with van der Waals surface area (Å²) in [7, 11) is 0. The lowest BCUT2D eigenvalue weighted by atomic mass is 10.2. The predicted octanol–water partition coefficient (Wildman–Crippen LogP) is 4.22. The second-order valence-corrected chi connectivity index (χ2v) is 7.99. The van der Waals surface area contributed by atoms with Gasteiger partial charge in [0.25, 0.3) is 0 Å². The number of aryl methyl sites for hydroxylation is 2. The third-order valence-corrected chi connectivity index (χ3v) is 5.87. The topological polar surface area (TPSA) is 77.6 Å². The Balaban J connectivity index is 1.37. The van der Waals surface area contributed by atoms with E-state index in [-0.39, 0.29) is 12.5 Å². The molecule has 5 rings (SSSR count). The summed E-state index contributed by atoms with van der Waals surface area (Å²) in [5.74, 6) is 2.77. The number of hydrogen-bond acceptors (Lipinski definition) is 4. The Morgan fingerprint density at radius 3 is 2.87 bits per heavy atom. The van der Waals surface area contributed by atoms with Crippen LogP contribution in [-0.4, -0.2) is 30.2 Å². The fraction of sp³-hybridized carbons (Fsp3) is 0.333. The van der Waals surface area contributed by atoms with Crippen molar-refractivity contribution in [3.8, 4) is 11.4 Å². The van der Waals surface area contributed by atoms with E-state index in [1.165, 1.54) is 6.42 Å². The third-order valence-electron chi connectivity index (χ3n) is 5.87. The van der Waals surface area contributed by atoms with E-state index in [0.717, 1.165) is 72.0 Å². The maximum absolute atomic E-state index is 12.9. The van der Waals surface area contributed by atoms with Gasteiger partial charge in [0, 0.05) is 30.6 Å². The van der Waals surface area contributed by atoms with Gasteiger partial charge in [-0.15, -0.1) is 10.2 Å². The zero-order valence-electron chi connectivity index (χ0n) is 17.7. The van der Waals surface area contributed by atoms with Crippen molar-refractivity contribution in [2.24, 2.45) is 0 Å². The van der Waals surface area contributed by atoms with Crippen molar-refractivity contribution >= 4 is 22.6 Å². The van der Waals surface area contributed by atoms with Gasteiger partial charge in [-0.25, -0.2) is 4.98 Å². The fourth-order valence-electron chi connectivity index (χ4n) is 4.35. The van der Waals surface area contributed by atoms with E-state index < -0.39 is 0 Å². The highest BCUT2D eigenvalue weighted by atomic mass is 16.1. The number of fused-ring (bicyclic) bond motifs is 2. The molecule has 1 aliphatic heterocycles. The van der Waals surface area contributed by atoms with Gasteiger partial charge in [-0.3, -0.25) is 4.79 Å². The SMILES string of the molecule is CCc1nc2ccccc2n1CC(=O)Nc1cccc(-c2nnc3n2CCCCC3)c1. The molecule has 7 heteroatoms. The molecule has 0 radical (unpaired) electrons. The smallest absolute Gasteiger partial charge is 0.244 e. The lowest BCUT2D eigenvalue weighted by molar-refractivity contribution is -0.116. The Morgan fingerprint density at radius 1 is 1.06 bits per heavy atom. The number of anilines is 1. The molecule has 0 fully saturated rings. The number of para-hydroxylation sites is 2. The zero-order valence-corrected chi connectivity index (χ0v) is 17.7. The normalized spacial score (nSPS) is 13.7. The molecule has 1 aliphatic rings. The first-order chi connectivity index (χ1) is 15.2. The number of nitrogens with one attached hydrogen (secondary N) is 1. The van der Waals surface area contributed by atoms with Gasteiger partial charge in [-0.2, -0.15) is 0 Å². The summed E-state index contributed by atoms with van der Waals surface area (Å²) >= 11 is 0. The van der Waals surface area contributed by atoms with Crippen LogP contribution in [0.25, 0.3) is 22.4 Å². The number of aromatic nitrogens is 5. The predicted molar refractivity (Wildman–Crippen MR) is 121 cm³/mol. The molecule has 0 spiro atoms. The summed E-state index contributed by atoms with van der Waals surface area (Å²) in [5, 5.41) is 11.9. The standard InChI is InChI=1S/C24H26N6O/c1-2-21-26-19-11-5-6-12-20(19)30(21)16-23(31)25-18-10-8-9-17(15-18)24-28-27-22-13-4-3-7-14-29(22)24/h5-6,8-12,15H,2-4,7,13-14,16H2,1H3,(H,25,31). The van der Waals surface area contributed by atoms with Gasteiger partial charge in [0.05, 0.1) is 11.0 Å². The van der Waals surface area contributed by atoms with E-state index in [1.807, 2.05) is 53.1 Å². The minimum absolute atomic E-state index is 0.0740. The second kappa shape index (κ2) is 8.34. The number of hydrogen-bond donors (Lipinski definition) is 1. The molecule has 31 heavy (non-hydrogen) atoms. The van der Waals surface area contributed by atoms with Gasteiger partial charge in [-0.05, 0) is 37.1 Å². The van der Waals surface area contributed by atoms with Crippen molar-refractivity contribution in [2.45, 2.75) is 52.1 Å². The van der Waals surface area contributed by atoms with Crippen LogP contribution in [0.15, 0.2) is 48.5 Å². The third kappa shape index (κ3) is 3.83. The molecule has 0 aliphatic carbocycles. The lowest BCUT2D eigenvalue weighted by Gasteiger charge is -2.11. The zero-order chi connectivity index (χ0) is 21.2. The number of imidazole rings is 1. The Labute approximate surface area is 181 Å². The summed E-state index contributed by atoms with van der Waals surface area (Å²) in [5.41, 5.74) is 3.63. The highest BCUT2D eigenvalue weighted by Gasteiger charge is 2.17. The van der Waals surface area contributed by atoms with Crippen LogP contribution in [0.3, 0.4) is 0 Å². The van der Waals surface area contributed by atoms with Crippen molar-refractivity contribution in [3.05, 3.63) is 60.2 Å². The maximum atomic E-state index is 12.9. The molecule has 7 nitrogen and oxygen atoms in total. The molecule has 2 aromatic heterocycles. The second-order valence-electron chi connectivity index (χ2n) is 7.99. The van der Waals surface area contributed by atoms with Crippen molar-refractivity contribution in [1.29, 1.82) is 0 Å². The number of amides is 1. The average Bonchev–Trinajstić information content (AvgIpc) is 3.26. The largest absolute Gasteiger partial charge is 0.325 e. The molecular formula is C24H26N6O. The summed E-state index contributed by atoms with van der Waals surface area (Å²) in [6, 6.07) is 15.8. The minimum Gasteiger partial charge on any atom is -0.325 e. The first kappa shape index (κ1) is 19.5. The average molecular weight is 415 g/mol. The molecule has 1 N–H and O–H groups in total. The van der Waals surface area contributed by atoms with Gasteiger partial charge in [0.2, 0.25) is 5.91 Å². The summed E-state index contributed by atoms with van der Waals surface area (Å²) < 4.78 is 4.21. The van der Waals surface area contributed by atoms with Crippen molar-refractivity contribution in [3.63, 3.8) is 0 Å². The summed E-state index contributed by atoms with van der Waals surface area (Å²) in [4.78, 5) is 17.5. The molecule has 3 heterocycles. The van der Waals surface area contributed by atoms with Gasteiger partial charge >= 0.3 is 0 Å². The highest BCUT2D eigenvalue weighted by molar-refractivity contribution is 5.92. The first-order valence-corrected chi connectivity index (χ1v) is 11.0. The van der Waals surface area contributed by atoms with Crippen LogP contribution >= 0.6 is 0 Å². The lowest BCUT2D eigenvalue weighted by Crippen LogP contribution is -2.20. The molecule has 2 aromatic carbocycles. The van der Waals surface area contributed by atoms with E-state index in [4.69, 9.17) is 0 Å². The summed E-state index contributed by atoms with van der Waals surface area (Å²) in [6.07, 6.45) is 5.28. The van der Waals surface area contributed by atoms with E-state index in [1.54, 1.807) is 0 Å². The van der Waals surface area contributed by atoms with E-state index in [9.17, 15) is 4.79 Å². The number of rotatable bonds is 5. The van der Waals surface area contributed by atoms with Crippen molar-refractivity contribution < 1.29 is 4.79 Å². The van der Waals surface area contributed by atoms with E-state index >= 15 is 0 Å². The molecule has 0 saturated carbocycles. The van der Waals surface area contributed by atoms with Crippen LogP contribution in [0.2, 0.25) is 0 Å². The minimum atomic E-state index is -0.0740. The van der Waals surface area contributed by atoms with E-state index in [2.05, 4.69) is 32.0 Å². The number of benzene rings is 2. The first-order valence-electron chi connectivity index (χ1n) is 11.0. The maximum Gasteiger partial charge on any atom is 0.244 e. The van der Waals surface area contributed by atoms with Gasteiger partial charge in [0.15, 0.2) is 5.82 Å².